The summed E-state index contributed by atoms with van der Waals surface area (Å²) in [6.45, 7) is 5.21. The Bertz CT molecular complexity index is 346. The molecule has 0 saturated carbocycles. The Morgan fingerprint density at radius 2 is 2.05 bits per heavy atom. The van der Waals surface area contributed by atoms with Crippen molar-refractivity contribution in [1.82, 2.24) is 9.80 Å². The highest BCUT2D eigenvalue weighted by Crippen LogP contribution is 2.26. The van der Waals surface area contributed by atoms with Crippen LogP contribution in [0.15, 0.2) is 0 Å². The van der Waals surface area contributed by atoms with Crippen molar-refractivity contribution in [3.63, 3.8) is 0 Å². The Hall–Kier alpha value is -1.30. The summed E-state index contributed by atoms with van der Waals surface area (Å²) in [6, 6.07) is -0.0851. The molecule has 1 saturated heterocycles. The summed E-state index contributed by atoms with van der Waals surface area (Å²) in [5, 5.41) is 18.2. The summed E-state index contributed by atoms with van der Waals surface area (Å²) in [7, 11) is 1.68. The van der Waals surface area contributed by atoms with E-state index >= 15 is 0 Å². The first kappa shape index (κ1) is 16.8. The number of carboxylic acids is 1. The molecule has 1 heterocycles. The largest absolute Gasteiger partial charge is 0.481 e. The summed E-state index contributed by atoms with van der Waals surface area (Å²) >= 11 is 0. The van der Waals surface area contributed by atoms with Gasteiger partial charge in [0.05, 0.1) is 6.10 Å². The molecule has 1 aliphatic heterocycles. The van der Waals surface area contributed by atoms with Gasteiger partial charge < -0.3 is 20.0 Å². The number of amides is 2. The van der Waals surface area contributed by atoms with Crippen LogP contribution in [-0.4, -0.2) is 64.8 Å². The number of aliphatic hydroxyl groups is 1. The van der Waals surface area contributed by atoms with E-state index < -0.39 is 12.1 Å². The van der Waals surface area contributed by atoms with Crippen molar-refractivity contribution in [3.8, 4) is 0 Å². The monoisotopic (exact) mass is 286 g/mol. The van der Waals surface area contributed by atoms with E-state index in [1.165, 1.54) is 4.90 Å². The van der Waals surface area contributed by atoms with Gasteiger partial charge in [-0.1, -0.05) is 6.92 Å². The van der Waals surface area contributed by atoms with Gasteiger partial charge in [-0.2, -0.15) is 0 Å². The highest BCUT2D eigenvalue weighted by atomic mass is 16.4. The highest BCUT2D eigenvalue weighted by molar-refractivity contribution is 5.74. The number of likely N-dealkylation sites (N-methyl/N-ethyl adjacent to an activating group) is 1. The molecule has 2 N–H and O–H groups in total. The Kier molecular flexibility index (Phi) is 6.26. The minimum absolute atomic E-state index is 0.0742. The molecule has 0 aromatic heterocycles. The van der Waals surface area contributed by atoms with Gasteiger partial charge in [-0.15, -0.1) is 0 Å². The molecule has 3 atom stereocenters. The molecule has 116 valence electrons. The molecule has 0 radical (unpaired) electrons. The number of carbonyl (C=O) groups excluding carboxylic acids is 1. The molecule has 2 amide bonds. The number of rotatable bonds is 5. The van der Waals surface area contributed by atoms with Crippen molar-refractivity contribution < 1.29 is 19.8 Å². The Balaban J connectivity index is 2.55. The van der Waals surface area contributed by atoms with Crippen LogP contribution in [0.4, 0.5) is 4.79 Å². The minimum Gasteiger partial charge on any atom is -0.481 e. The van der Waals surface area contributed by atoms with E-state index in [4.69, 9.17) is 5.11 Å². The molecule has 20 heavy (non-hydrogen) atoms. The van der Waals surface area contributed by atoms with Crippen LogP contribution in [-0.2, 0) is 4.79 Å². The van der Waals surface area contributed by atoms with E-state index in [-0.39, 0.29) is 24.3 Å². The summed E-state index contributed by atoms with van der Waals surface area (Å²) in [5.74, 6) is -0.471. The van der Waals surface area contributed by atoms with Crippen molar-refractivity contribution in [2.45, 2.75) is 39.2 Å². The first-order valence-electron chi connectivity index (χ1n) is 7.21. The SMILES string of the molecule is CC(O)CN(C)C(=O)N1CCCC(C(C)CC(=O)O)C1. The van der Waals surface area contributed by atoms with E-state index in [1.807, 2.05) is 6.92 Å². The van der Waals surface area contributed by atoms with E-state index in [9.17, 15) is 14.7 Å². The van der Waals surface area contributed by atoms with Crippen LogP contribution in [0.5, 0.6) is 0 Å². The zero-order valence-corrected chi connectivity index (χ0v) is 12.6. The second-order valence-corrected chi connectivity index (χ2v) is 5.94. The summed E-state index contributed by atoms with van der Waals surface area (Å²) in [6.07, 6.45) is 1.48. The van der Waals surface area contributed by atoms with Crippen LogP contribution in [0.3, 0.4) is 0 Å². The smallest absolute Gasteiger partial charge is 0.319 e. The number of nitrogens with zero attached hydrogens (tertiary/aromatic N) is 2. The number of hydrogen-bond acceptors (Lipinski definition) is 3. The lowest BCUT2D eigenvalue weighted by atomic mass is 9.85. The number of carboxylic acid groups (broad SMARTS) is 1. The van der Waals surface area contributed by atoms with Crippen LogP contribution in [0.25, 0.3) is 0 Å². The molecular weight excluding hydrogens is 260 g/mol. The van der Waals surface area contributed by atoms with Gasteiger partial charge in [-0.05, 0) is 31.6 Å². The summed E-state index contributed by atoms with van der Waals surface area (Å²) in [4.78, 5) is 26.3. The molecule has 0 aliphatic carbocycles. The molecule has 1 rings (SSSR count). The first-order valence-corrected chi connectivity index (χ1v) is 7.21. The standard InChI is InChI=1S/C14H26N2O4/c1-10(7-13(18)19)12-5-4-6-16(9-12)14(20)15(3)8-11(2)17/h10-12,17H,4-9H2,1-3H3,(H,18,19). The average molecular weight is 286 g/mol. The van der Waals surface area contributed by atoms with Crippen molar-refractivity contribution >= 4 is 12.0 Å². The minimum atomic E-state index is -0.785. The fourth-order valence-corrected chi connectivity index (χ4v) is 2.81. The van der Waals surface area contributed by atoms with Crippen LogP contribution in [0.1, 0.15) is 33.1 Å². The quantitative estimate of drug-likeness (QED) is 0.797. The van der Waals surface area contributed by atoms with E-state index in [2.05, 4.69) is 0 Å². The molecular formula is C14H26N2O4. The Morgan fingerprint density at radius 3 is 2.60 bits per heavy atom. The number of aliphatic carboxylic acids is 1. The third-order valence-corrected chi connectivity index (χ3v) is 3.89. The number of urea groups is 1. The van der Waals surface area contributed by atoms with Gasteiger partial charge in [0.25, 0.3) is 0 Å². The van der Waals surface area contributed by atoms with E-state index in [1.54, 1.807) is 18.9 Å². The van der Waals surface area contributed by atoms with Gasteiger partial charge in [-0.3, -0.25) is 4.79 Å². The number of piperidine rings is 1. The molecule has 1 fully saturated rings. The maximum absolute atomic E-state index is 12.2. The molecule has 6 nitrogen and oxygen atoms in total. The zero-order valence-electron chi connectivity index (χ0n) is 12.6. The fraction of sp³-hybridized carbons (Fsp3) is 0.857. The van der Waals surface area contributed by atoms with Crippen molar-refractivity contribution in [2.24, 2.45) is 11.8 Å². The molecule has 3 unspecified atom stereocenters. The molecule has 0 spiro atoms. The van der Waals surface area contributed by atoms with Crippen molar-refractivity contribution in [2.75, 3.05) is 26.7 Å². The average Bonchev–Trinajstić information content (AvgIpc) is 2.36. The van der Waals surface area contributed by atoms with Gasteiger partial charge in [0.15, 0.2) is 0 Å². The summed E-state index contributed by atoms with van der Waals surface area (Å²) in [5.41, 5.74) is 0. The second kappa shape index (κ2) is 7.47. The third kappa shape index (κ3) is 5.00. The zero-order chi connectivity index (χ0) is 15.3. The normalized spacial score (nSPS) is 22.2. The topological polar surface area (TPSA) is 81.1 Å². The van der Waals surface area contributed by atoms with Crippen LogP contribution >= 0.6 is 0 Å². The number of hydrogen-bond donors (Lipinski definition) is 2. The molecule has 1 aliphatic rings. The van der Waals surface area contributed by atoms with Crippen molar-refractivity contribution in [3.05, 3.63) is 0 Å². The maximum Gasteiger partial charge on any atom is 0.319 e. The van der Waals surface area contributed by atoms with Crippen LogP contribution < -0.4 is 0 Å². The molecule has 6 heteroatoms. The Morgan fingerprint density at radius 1 is 1.40 bits per heavy atom. The number of likely N-dealkylation sites (tertiary alicyclic amines) is 1. The lowest BCUT2D eigenvalue weighted by Gasteiger charge is -2.37. The van der Waals surface area contributed by atoms with Gasteiger partial charge >= 0.3 is 12.0 Å². The third-order valence-electron chi connectivity index (χ3n) is 3.89. The lowest BCUT2D eigenvalue weighted by Crippen LogP contribution is -2.48. The highest BCUT2D eigenvalue weighted by Gasteiger charge is 2.29. The summed E-state index contributed by atoms with van der Waals surface area (Å²) < 4.78 is 0. The lowest BCUT2D eigenvalue weighted by molar-refractivity contribution is -0.138. The van der Waals surface area contributed by atoms with Crippen LogP contribution in [0, 0.1) is 11.8 Å². The number of aliphatic hydroxyl groups excluding tert-OH is 1. The second-order valence-electron chi connectivity index (χ2n) is 5.94. The molecule has 0 bridgehead atoms. The predicted octanol–water partition coefficient (Wildman–Crippen LogP) is 1.24. The van der Waals surface area contributed by atoms with E-state index in [0.717, 1.165) is 12.8 Å². The predicted molar refractivity (Wildman–Crippen MR) is 75.4 cm³/mol. The van der Waals surface area contributed by atoms with E-state index in [0.29, 0.717) is 19.6 Å². The van der Waals surface area contributed by atoms with Crippen LogP contribution in [0.2, 0.25) is 0 Å². The van der Waals surface area contributed by atoms with Gasteiger partial charge in [0, 0.05) is 33.1 Å². The van der Waals surface area contributed by atoms with Crippen molar-refractivity contribution in [1.29, 1.82) is 0 Å². The van der Waals surface area contributed by atoms with Gasteiger partial charge in [0.1, 0.15) is 0 Å². The van der Waals surface area contributed by atoms with Gasteiger partial charge in [-0.25, -0.2) is 4.79 Å². The van der Waals surface area contributed by atoms with Gasteiger partial charge in [0.2, 0.25) is 0 Å². The maximum atomic E-state index is 12.2. The molecule has 0 aromatic carbocycles. The molecule has 0 aromatic rings. The fourth-order valence-electron chi connectivity index (χ4n) is 2.81. The number of carbonyl (C=O) groups is 2. The first-order chi connectivity index (χ1) is 9.31. The Labute approximate surface area is 120 Å².